The third-order valence-corrected chi connectivity index (χ3v) is 3.99. The van der Waals surface area contributed by atoms with Crippen LogP contribution in [0.5, 0.6) is 0 Å². The number of hydrogen-bond donors (Lipinski definition) is 3. The standard InChI is InChI=1S/C17H18ClN7O/c1-11(15(19)26)25-10-13(8-22-25)23-17-21-9-14(18)16(24-17)20-7-12-5-3-2-4-6-12/h2-6,8-11H,7H2,1H3,(H2,19,26)(H2,20,21,23,24). The van der Waals surface area contributed by atoms with Gasteiger partial charge in [0, 0.05) is 12.7 Å². The minimum Gasteiger partial charge on any atom is -0.368 e. The van der Waals surface area contributed by atoms with Gasteiger partial charge in [-0.1, -0.05) is 41.9 Å². The Morgan fingerprint density at radius 2 is 2.08 bits per heavy atom. The summed E-state index contributed by atoms with van der Waals surface area (Å²) in [6, 6.07) is 9.37. The van der Waals surface area contributed by atoms with Crippen LogP contribution < -0.4 is 16.4 Å². The monoisotopic (exact) mass is 371 g/mol. The van der Waals surface area contributed by atoms with E-state index >= 15 is 0 Å². The SMILES string of the molecule is CC(C(N)=O)n1cc(Nc2ncc(Cl)c(NCc3ccccc3)n2)cn1. The lowest BCUT2D eigenvalue weighted by atomic mass is 10.2. The molecule has 0 spiro atoms. The number of carbonyl (C=O) groups is 1. The molecule has 0 aliphatic carbocycles. The molecule has 134 valence electrons. The van der Waals surface area contributed by atoms with Crippen molar-refractivity contribution in [1.82, 2.24) is 19.7 Å². The molecule has 1 atom stereocenters. The van der Waals surface area contributed by atoms with Gasteiger partial charge in [0.1, 0.15) is 11.1 Å². The number of nitrogens with one attached hydrogen (secondary N) is 2. The van der Waals surface area contributed by atoms with Crippen molar-refractivity contribution in [2.75, 3.05) is 10.6 Å². The number of anilines is 3. The molecule has 8 nitrogen and oxygen atoms in total. The van der Waals surface area contributed by atoms with E-state index in [1.807, 2.05) is 30.3 Å². The van der Waals surface area contributed by atoms with Crippen molar-refractivity contribution < 1.29 is 4.79 Å². The maximum atomic E-state index is 11.2. The first-order valence-corrected chi connectivity index (χ1v) is 8.31. The van der Waals surface area contributed by atoms with Crippen LogP contribution in [-0.2, 0) is 11.3 Å². The van der Waals surface area contributed by atoms with Gasteiger partial charge < -0.3 is 16.4 Å². The molecule has 26 heavy (non-hydrogen) atoms. The van der Waals surface area contributed by atoms with Crippen molar-refractivity contribution >= 4 is 35.0 Å². The molecule has 4 N–H and O–H groups in total. The molecular formula is C17H18ClN7O. The quantitative estimate of drug-likeness (QED) is 0.589. The number of halogens is 1. The zero-order valence-electron chi connectivity index (χ0n) is 14.1. The van der Waals surface area contributed by atoms with Crippen LogP contribution in [0.1, 0.15) is 18.5 Å². The Balaban J connectivity index is 1.70. The van der Waals surface area contributed by atoms with Crippen molar-refractivity contribution in [3.8, 4) is 0 Å². The Kier molecular flexibility index (Phi) is 5.33. The van der Waals surface area contributed by atoms with Gasteiger partial charge in [0.2, 0.25) is 11.9 Å². The van der Waals surface area contributed by atoms with Crippen molar-refractivity contribution in [1.29, 1.82) is 0 Å². The summed E-state index contributed by atoms with van der Waals surface area (Å²) >= 11 is 6.16. The summed E-state index contributed by atoms with van der Waals surface area (Å²) in [5.74, 6) is 0.414. The molecule has 0 saturated carbocycles. The van der Waals surface area contributed by atoms with E-state index in [1.165, 1.54) is 10.9 Å². The number of benzene rings is 1. The van der Waals surface area contributed by atoms with Crippen LogP contribution in [-0.4, -0.2) is 25.7 Å². The highest BCUT2D eigenvalue weighted by Crippen LogP contribution is 2.22. The van der Waals surface area contributed by atoms with Crippen LogP contribution in [0.15, 0.2) is 48.9 Å². The summed E-state index contributed by atoms with van der Waals surface area (Å²) in [7, 11) is 0. The van der Waals surface area contributed by atoms with Gasteiger partial charge in [-0.05, 0) is 12.5 Å². The third-order valence-electron chi connectivity index (χ3n) is 3.71. The van der Waals surface area contributed by atoms with E-state index in [9.17, 15) is 4.79 Å². The summed E-state index contributed by atoms with van der Waals surface area (Å²) < 4.78 is 1.47. The number of hydrogen-bond acceptors (Lipinski definition) is 6. The van der Waals surface area contributed by atoms with Crippen molar-refractivity contribution in [2.24, 2.45) is 5.73 Å². The maximum Gasteiger partial charge on any atom is 0.241 e. The van der Waals surface area contributed by atoms with Crippen molar-refractivity contribution in [2.45, 2.75) is 19.5 Å². The zero-order chi connectivity index (χ0) is 18.5. The highest BCUT2D eigenvalue weighted by Gasteiger charge is 2.13. The summed E-state index contributed by atoms with van der Waals surface area (Å²) in [5, 5.41) is 10.7. The van der Waals surface area contributed by atoms with E-state index in [2.05, 4.69) is 25.7 Å². The van der Waals surface area contributed by atoms with Gasteiger partial charge in [-0.3, -0.25) is 9.48 Å². The first-order chi connectivity index (χ1) is 12.5. The summed E-state index contributed by atoms with van der Waals surface area (Å²) in [4.78, 5) is 19.8. The second-order valence-corrected chi connectivity index (χ2v) is 6.05. The first-order valence-electron chi connectivity index (χ1n) is 7.94. The molecule has 0 aliphatic rings. The number of amides is 1. The lowest BCUT2D eigenvalue weighted by Crippen LogP contribution is -2.24. The van der Waals surface area contributed by atoms with Crippen LogP contribution in [0, 0.1) is 0 Å². The van der Waals surface area contributed by atoms with Crippen molar-refractivity contribution in [3.05, 3.63) is 59.5 Å². The Morgan fingerprint density at radius 1 is 1.31 bits per heavy atom. The van der Waals surface area contributed by atoms with E-state index in [-0.39, 0.29) is 0 Å². The predicted octanol–water partition coefficient (Wildman–Crippen LogP) is 2.73. The number of carbonyl (C=O) groups excluding carboxylic acids is 1. The highest BCUT2D eigenvalue weighted by molar-refractivity contribution is 6.32. The number of primary amides is 1. The average molecular weight is 372 g/mol. The zero-order valence-corrected chi connectivity index (χ0v) is 14.8. The highest BCUT2D eigenvalue weighted by atomic mass is 35.5. The Morgan fingerprint density at radius 3 is 2.81 bits per heavy atom. The van der Waals surface area contributed by atoms with Gasteiger partial charge in [-0.2, -0.15) is 10.1 Å². The van der Waals surface area contributed by atoms with Gasteiger partial charge in [0.15, 0.2) is 5.82 Å². The molecule has 0 radical (unpaired) electrons. The minimum atomic E-state index is -0.542. The van der Waals surface area contributed by atoms with E-state index in [4.69, 9.17) is 17.3 Å². The molecule has 9 heteroatoms. The van der Waals surface area contributed by atoms with Crippen molar-refractivity contribution in [3.63, 3.8) is 0 Å². The van der Waals surface area contributed by atoms with Gasteiger partial charge >= 0.3 is 0 Å². The smallest absolute Gasteiger partial charge is 0.241 e. The fraction of sp³-hybridized carbons (Fsp3) is 0.176. The fourth-order valence-corrected chi connectivity index (χ4v) is 2.36. The Hall–Kier alpha value is -3.13. The number of nitrogens with two attached hydrogens (primary N) is 1. The molecular weight excluding hydrogens is 354 g/mol. The normalized spacial score (nSPS) is 11.8. The number of aromatic nitrogens is 4. The maximum absolute atomic E-state index is 11.2. The number of rotatable bonds is 7. The largest absolute Gasteiger partial charge is 0.368 e. The van der Waals surface area contributed by atoms with Gasteiger partial charge in [0.25, 0.3) is 0 Å². The molecule has 0 bridgehead atoms. The van der Waals surface area contributed by atoms with E-state index in [1.54, 1.807) is 19.3 Å². The van der Waals surface area contributed by atoms with Gasteiger partial charge in [0.05, 0.1) is 18.1 Å². The van der Waals surface area contributed by atoms with Crippen LogP contribution in [0.3, 0.4) is 0 Å². The molecule has 1 aromatic carbocycles. The topological polar surface area (TPSA) is 111 Å². The second kappa shape index (κ2) is 7.83. The molecule has 2 aromatic heterocycles. The molecule has 3 aromatic rings. The molecule has 1 amide bonds. The van der Waals surface area contributed by atoms with Crippen LogP contribution in [0.25, 0.3) is 0 Å². The molecule has 0 saturated heterocycles. The second-order valence-electron chi connectivity index (χ2n) is 5.64. The molecule has 3 rings (SSSR count). The summed E-state index contributed by atoms with van der Waals surface area (Å²) in [6.45, 7) is 2.26. The Bertz CT molecular complexity index is 897. The molecule has 0 fully saturated rings. The minimum absolute atomic E-state index is 0.358. The van der Waals surface area contributed by atoms with Gasteiger partial charge in [-0.15, -0.1) is 0 Å². The predicted molar refractivity (Wildman–Crippen MR) is 100 cm³/mol. The summed E-state index contributed by atoms with van der Waals surface area (Å²) in [5.41, 5.74) is 7.02. The van der Waals surface area contributed by atoms with Crippen LogP contribution >= 0.6 is 11.6 Å². The lowest BCUT2D eigenvalue weighted by molar-refractivity contribution is -0.120. The van der Waals surface area contributed by atoms with Crippen LogP contribution in [0.4, 0.5) is 17.5 Å². The lowest BCUT2D eigenvalue weighted by Gasteiger charge is -2.09. The molecule has 2 heterocycles. The summed E-state index contributed by atoms with van der Waals surface area (Å²) in [6.07, 6.45) is 4.74. The fourth-order valence-electron chi connectivity index (χ4n) is 2.21. The molecule has 1 unspecified atom stereocenters. The van der Waals surface area contributed by atoms with E-state index in [0.717, 1.165) is 5.56 Å². The Labute approximate surface area is 155 Å². The molecule has 0 aliphatic heterocycles. The average Bonchev–Trinajstić information content (AvgIpc) is 3.10. The third kappa shape index (κ3) is 4.28. The number of nitrogens with zero attached hydrogens (tertiary/aromatic N) is 4. The first kappa shape index (κ1) is 17.7. The van der Waals surface area contributed by atoms with Gasteiger partial charge in [-0.25, -0.2) is 4.98 Å². The van der Waals surface area contributed by atoms with Crippen LogP contribution in [0.2, 0.25) is 5.02 Å². The van der Waals surface area contributed by atoms with E-state index in [0.29, 0.717) is 29.0 Å². The van der Waals surface area contributed by atoms with E-state index < -0.39 is 11.9 Å².